The normalized spacial score (nSPS) is 17.1. The average molecular weight is 360 g/mol. The van der Waals surface area contributed by atoms with E-state index in [4.69, 9.17) is 16.3 Å². The molecule has 1 aliphatic heterocycles. The van der Waals surface area contributed by atoms with Gasteiger partial charge in [-0.25, -0.2) is 4.79 Å². The number of phenolic OH excluding ortho intramolecular Hbond substituents is 1. The molecule has 1 N–H and O–H groups in total. The molecule has 1 heterocycles. The Morgan fingerprint density at radius 3 is 2.64 bits per heavy atom. The SMILES string of the molecule is CC(C)(C)OC(=O)N1CCc2ccccc2C1c1cc(Cl)ccc1O. The van der Waals surface area contributed by atoms with Gasteiger partial charge in [0.15, 0.2) is 0 Å². The van der Waals surface area contributed by atoms with Gasteiger partial charge in [0.05, 0.1) is 6.04 Å². The number of nitrogens with zero attached hydrogens (tertiary/aromatic N) is 1. The number of fused-ring (bicyclic) bond motifs is 1. The van der Waals surface area contributed by atoms with Crippen molar-refractivity contribution in [3.05, 3.63) is 64.2 Å². The van der Waals surface area contributed by atoms with E-state index in [0.29, 0.717) is 17.1 Å². The van der Waals surface area contributed by atoms with Crippen molar-refractivity contribution in [3.8, 4) is 5.75 Å². The first-order chi connectivity index (χ1) is 11.8. The predicted octanol–water partition coefficient (Wildman–Crippen LogP) is 4.93. The van der Waals surface area contributed by atoms with Crippen LogP contribution in [0.5, 0.6) is 5.75 Å². The van der Waals surface area contributed by atoms with Crippen molar-refractivity contribution in [3.63, 3.8) is 0 Å². The molecule has 0 aromatic heterocycles. The third-order valence-electron chi connectivity index (χ3n) is 4.20. The van der Waals surface area contributed by atoms with Crippen LogP contribution in [0.15, 0.2) is 42.5 Å². The van der Waals surface area contributed by atoms with E-state index in [1.165, 1.54) is 0 Å². The fourth-order valence-electron chi connectivity index (χ4n) is 3.16. The van der Waals surface area contributed by atoms with Crippen LogP contribution in [-0.4, -0.2) is 28.2 Å². The molecule has 1 unspecified atom stereocenters. The number of phenols is 1. The Morgan fingerprint density at radius 1 is 1.20 bits per heavy atom. The Kier molecular flexibility index (Phi) is 4.65. The second-order valence-corrected chi connectivity index (χ2v) is 7.66. The fourth-order valence-corrected chi connectivity index (χ4v) is 3.34. The molecule has 0 saturated heterocycles. The van der Waals surface area contributed by atoms with Crippen molar-refractivity contribution < 1.29 is 14.6 Å². The number of aromatic hydroxyl groups is 1. The summed E-state index contributed by atoms with van der Waals surface area (Å²) in [4.78, 5) is 14.5. The van der Waals surface area contributed by atoms with Gasteiger partial charge in [0.2, 0.25) is 0 Å². The van der Waals surface area contributed by atoms with Crippen LogP contribution in [0.4, 0.5) is 4.79 Å². The maximum atomic E-state index is 12.8. The summed E-state index contributed by atoms with van der Waals surface area (Å²) in [6.07, 6.45) is 0.346. The van der Waals surface area contributed by atoms with E-state index in [1.54, 1.807) is 23.1 Å². The number of carbonyl (C=O) groups excluding carboxylic acids is 1. The lowest BCUT2D eigenvalue weighted by atomic mass is 9.88. The summed E-state index contributed by atoms with van der Waals surface area (Å²) in [5.74, 6) is 0.111. The van der Waals surface area contributed by atoms with Gasteiger partial charge in [-0.1, -0.05) is 35.9 Å². The van der Waals surface area contributed by atoms with E-state index in [2.05, 4.69) is 6.07 Å². The molecule has 0 saturated carbocycles. The quantitative estimate of drug-likeness (QED) is 0.785. The molecule has 1 aliphatic rings. The monoisotopic (exact) mass is 359 g/mol. The Morgan fingerprint density at radius 2 is 1.92 bits per heavy atom. The molecule has 0 bridgehead atoms. The van der Waals surface area contributed by atoms with Gasteiger partial charge >= 0.3 is 6.09 Å². The predicted molar refractivity (Wildman–Crippen MR) is 98.0 cm³/mol. The highest BCUT2D eigenvalue weighted by molar-refractivity contribution is 6.30. The summed E-state index contributed by atoms with van der Waals surface area (Å²) in [7, 11) is 0. The molecule has 0 aliphatic carbocycles. The molecule has 4 nitrogen and oxygen atoms in total. The van der Waals surface area contributed by atoms with Crippen molar-refractivity contribution in [1.29, 1.82) is 0 Å². The van der Waals surface area contributed by atoms with Gasteiger partial charge in [-0.15, -0.1) is 0 Å². The molecule has 1 atom stereocenters. The highest BCUT2D eigenvalue weighted by atomic mass is 35.5. The summed E-state index contributed by atoms with van der Waals surface area (Å²) in [5.41, 5.74) is 2.16. The van der Waals surface area contributed by atoms with Crippen molar-refractivity contribution in [2.24, 2.45) is 0 Å². The van der Waals surface area contributed by atoms with Crippen LogP contribution in [0.3, 0.4) is 0 Å². The number of amides is 1. The van der Waals surface area contributed by atoms with Gasteiger partial charge in [-0.3, -0.25) is 4.90 Å². The minimum Gasteiger partial charge on any atom is -0.508 e. The first-order valence-corrected chi connectivity index (χ1v) is 8.70. The number of benzene rings is 2. The Labute approximate surface area is 153 Å². The first kappa shape index (κ1) is 17.6. The zero-order chi connectivity index (χ0) is 18.2. The third-order valence-corrected chi connectivity index (χ3v) is 4.43. The number of hydrogen-bond donors (Lipinski definition) is 1. The fraction of sp³-hybridized carbons (Fsp3) is 0.350. The number of rotatable bonds is 1. The molecule has 25 heavy (non-hydrogen) atoms. The Bertz CT molecular complexity index is 798. The van der Waals surface area contributed by atoms with E-state index < -0.39 is 17.7 Å². The van der Waals surface area contributed by atoms with Crippen molar-refractivity contribution in [2.75, 3.05) is 6.54 Å². The van der Waals surface area contributed by atoms with Gasteiger partial charge in [0.25, 0.3) is 0 Å². The molecule has 2 aromatic carbocycles. The molecule has 0 fully saturated rings. The van der Waals surface area contributed by atoms with E-state index in [-0.39, 0.29) is 5.75 Å². The third kappa shape index (κ3) is 3.74. The smallest absolute Gasteiger partial charge is 0.411 e. The molecule has 5 heteroatoms. The van der Waals surface area contributed by atoms with Crippen molar-refractivity contribution in [1.82, 2.24) is 4.90 Å². The van der Waals surface area contributed by atoms with Gasteiger partial charge < -0.3 is 9.84 Å². The minimum absolute atomic E-state index is 0.111. The summed E-state index contributed by atoms with van der Waals surface area (Å²) < 4.78 is 5.59. The van der Waals surface area contributed by atoms with Gasteiger partial charge in [-0.05, 0) is 56.5 Å². The van der Waals surface area contributed by atoms with Crippen molar-refractivity contribution >= 4 is 17.7 Å². The topological polar surface area (TPSA) is 49.8 Å². The number of carbonyl (C=O) groups is 1. The average Bonchev–Trinajstić information content (AvgIpc) is 2.54. The zero-order valence-corrected chi connectivity index (χ0v) is 15.4. The van der Waals surface area contributed by atoms with Crippen LogP contribution in [0.1, 0.15) is 43.5 Å². The van der Waals surface area contributed by atoms with E-state index in [0.717, 1.165) is 17.5 Å². The number of halogens is 1. The van der Waals surface area contributed by atoms with Gasteiger partial charge in [-0.2, -0.15) is 0 Å². The van der Waals surface area contributed by atoms with Crippen molar-refractivity contribution in [2.45, 2.75) is 38.8 Å². The lowest BCUT2D eigenvalue weighted by Gasteiger charge is -2.38. The summed E-state index contributed by atoms with van der Waals surface area (Å²) in [6.45, 7) is 6.04. The lowest BCUT2D eigenvalue weighted by Crippen LogP contribution is -2.43. The first-order valence-electron chi connectivity index (χ1n) is 8.32. The van der Waals surface area contributed by atoms with Crippen LogP contribution >= 0.6 is 11.6 Å². The highest BCUT2D eigenvalue weighted by Gasteiger charge is 2.35. The van der Waals surface area contributed by atoms with Crippen LogP contribution in [-0.2, 0) is 11.2 Å². The standard InChI is InChI=1S/C20H22ClNO3/c1-20(2,3)25-19(24)22-11-10-13-6-4-5-7-15(13)18(22)16-12-14(21)8-9-17(16)23/h4-9,12,18,23H,10-11H2,1-3H3. The van der Waals surface area contributed by atoms with E-state index >= 15 is 0 Å². The maximum absolute atomic E-state index is 12.8. The molecule has 0 spiro atoms. The molecule has 132 valence electrons. The van der Waals surface area contributed by atoms with E-state index in [9.17, 15) is 9.90 Å². The second kappa shape index (κ2) is 6.60. The summed E-state index contributed by atoms with van der Waals surface area (Å²) in [6, 6.07) is 12.4. The molecular weight excluding hydrogens is 338 g/mol. The van der Waals surface area contributed by atoms with Crippen LogP contribution in [0.25, 0.3) is 0 Å². The Hall–Kier alpha value is -2.20. The minimum atomic E-state index is -0.588. The zero-order valence-electron chi connectivity index (χ0n) is 14.6. The van der Waals surface area contributed by atoms with Gasteiger partial charge in [0.1, 0.15) is 11.4 Å². The summed E-state index contributed by atoms with van der Waals surface area (Å²) in [5, 5.41) is 10.9. The summed E-state index contributed by atoms with van der Waals surface area (Å²) >= 11 is 6.15. The second-order valence-electron chi connectivity index (χ2n) is 7.23. The van der Waals surface area contributed by atoms with E-state index in [1.807, 2.05) is 39.0 Å². The highest BCUT2D eigenvalue weighted by Crippen LogP contribution is 2.40. The van der Waals surface area contributed by atoms with Gasteiger partial charge in [0, 0.05) is 17.1 Å². The lowest BCUT2D eigenvalue weighted by molar-refractivity contribution is 0.0177. The molecule has 2 aromatic rings. The van der Waals surface area contributed by atoms with Crippen LogP contribution < -0.4 is 0 Å². The number of hydrogen-bond acceptors (Lipinski definition) is 3. The maximum Gasteiger partial charge on any atom is 0.411 e. The molecule has 3 rings (SSSR count). The number of ether oxygens (including phenoxy) is 1. The van der Waals surface area contributed by atoms with Crippen LogP contribution in [0.2, 0.25) is 5.02 Å². The van der Waals surface area contributed by atoms with Crippen LogP contribution in [0, 0.1) is 0 Å². The largest absolute Gasteiger partial charge is 0.508 e. The molecule has 0 radical (unpaired) electrons. The molecular formula is C20H22ClNO3. The molecule has 1 amide bonds. The Balaban J connectivity index is 2.09.